The van der Waals surface area contributed by atoms with Crippen LogP contribution in [0.5, 0.6) is 0 Å². The molecule has 0 fully saturated rings. The highest BCUT2D eigenvalue weighted by Gasteiger charge is 2.19. The first-order valence-electron chi connectivity index (χ1n) is 28.9. The van der Waals surface area contributed by atoms with E-state index in [0.29, 0.717) is 19.3 Å². The minimum absolute atomic E-state index is 0.0958. The highest BCUT2D eigenvalue weighted by atomic mass is 16.6. The van der Waals surface area contributed by atoms with Crippen LogP contribution in [0.15, 0.2) is 109 Å². The average molecular weight is 972 g/mol. The Morgan fingerprint density at radius 3 is 0.943 bits per heavy atom. The van der Waals surface area contributed by atoms with Gasteiger partial charge >= 0.3 is 17.9 Å². The number of carbonyl (C=O) groups excluding carboxylic acids is 3. The predicted molar refractivity (Wildman–Crippen MR) is 302 cm³/mol. The number of carbonyl (C=O) groups is 3. The first kappa shape index (κ1) is 66.1. The third-order valence-electron chi connectivity index (χ3n) is 12.0. The van der Waals surface area contributed by atoms with Crippen LogP contribution in [0.4, 0.5) is 0 Å². The van der Waals surface area contributed by atoms with E-state index in [1.807, 2.05) is 0 Å². The molecule has 0 spiro atoms. The van der Waals surface area contributed by atoms with E-state index in [-0.39, 0.29) is 31.1 Å². The Morgan fingerprint density at radius 1 is 0.300 bits per heavy atom. The molecule has 6 heteroatoms. The predicted octanol–water partition coefficient (Wildman–Crippen LogP) is 19.5. The molecule has 0 aliphatic rings. The summed E-state index contributed by atoms with van der Waals surface area (Å²) in [7, 11) is 0. The number of rotatable bonds is 51. The quantitative estimate of drug-likeness (QED) is 0.0262. The van der Waals surface area contributed by atoms with Crippen LogP contribution in [0, 0.1) is 0 Å². The average Bonchev–Trinajstić information content (AvgIpc) is 3.36. The van der Waals surface area contributed by atoms with Crippen LogP contribution in [0.2, 0.25) is 0 Å². The highest BCUT2D eigenvalue weighted by molar-refractivity contribution is 5.71. The van der Waals surface area contributed by atoms with Gasteiger partial charge in [0.1, 0.15) is 13.2 Å². The summed E-state index contributed by atoms with van der Waals surface area (Å²) in [4.78, 5) is 38.1. The van der Waals surface area contributed by atoms with Crippen LogP contribution in [0.1, 0.15) is 258 Å². The second-order valence-electron chi connectivity index (χ2n) is 18.8. The summed E-state index contributed by atoms with van der Waals surface area (Å²) in [6, 6.07) is 0. The Bertz CT molecular complexity index is 1440. The Balaban J connectivity index is 4.41. The Kier molecular flexibility index (Phi) is 54.4. The van der Waals surface area contributed by atoms with Crippen LogP contribution in [0.25, 0.3) is 0 Å². The van der Waals surface area contributed by atoms with Gasteiger partial charge in [-0.15, -0.1) is 0 Å². The van der Waals surface area contributed by atoms with Gasteiger partial charge in [0.05, 0.1) is 0 Å². The molecule has 0 radical (unpaired) electrons. The number of hydrogen-bond donors (Lipinski definition) is 0. The third-order valence-corrected chi connectivity index (χ3v) is 12.0. The normalized spacial score (nSPS) is 12.9. The van der Waals surface area contributed by atoms with E-state index in [1.165, 1.54) is 77.0 Å². The van der Waals surface area contributed by atoms with Gasteiger partial charge in [-0.1, -0.05) is 246 Å². The zero-order valence-electron chi connectivity index (χ0n) is 45.5. The summed E-state index contributed by atoms with van der Waals surface area (Å²) in [5.41, 5.74) is 0. The molecule has 0 bridgehead atoms. The molecule has 1 unspecified atom stereocenters. The maximum absolute atomic E-state index is 12.8. The largest absolute Gasteiger partial charge is 0.462 e. The van der Waals surface area contributed by atoms with Crippen LogP contribution in [-0.2, 0) is 28.6 Å². The van der Waals surface area contributed by atoms with E-state index in [4.69, 9.17) is 14.2 Å². The fourth-order valence-corrected chi connectivity index (χ4v) is 7.70. The molecule has 0 aromatic carbocycles. The number of allylic oxidation sites excluding steroid dienone is 18. The molecule has 0 aromatic rings. The third kappa shape index (κ3) is 55.0. The minimum Gasteiger partial charge on any atom is -0.462 e. The van der Waals surface area contributed by atoms with E-state index in [9.17, 15) is 14.4 Å². The van der Waals surface area contributed by atoms with Gasteiger partial charge in [-0.3, -0.25) is 14.4 Å². The monoisotopic (exact) mass is 971 g/mol. The fourth-order valence-electron chi connectivity index (χ4n) is 7.70. The van der Waals surface area contributed by atoms with Gasteiger partial charge in [-0.05, 0) is 103 Å². The summed E-state index contributed by atoms with van der Waals surface area (Å²) < 4.78 is 16.8. The Labute approximate surface area is 431 Å². The van der Waals surface area contributed by atoms with E-state index in [1.54, 1.807) is 0 Å². The number of unbranched alkanes of at least 4 members (excludes halogenated alkanes) is 22. The van der Waals surface area contributed by atoms with E-state index < -0.39 is 6.10 Å². The van der Waals surface area contributed by atoms with Crippen molar-refractivity contribution in [1.82, 2.24) is 0 Å². The minimum atomic E-state index is -0.798. The van der Waals surface area contributed by atoms with Gasteiger partial charge in [-0.2, -0.15) is 0 Å². The molecule has 398 valence electrons. The lowest BCUT2D eigenvalue weighted by Gasteiger charge is -2.18. The van der Waals surface area contributed by atoms with Gasteiger partial charge in [0.15, 0.2) is 6.10 Å². The summed E-state index contributed by atoms with van der Waals surface area (Å²) in [5, 5.41) is 0. The van der Waals surface area contributed by atoms with Crippen molar-refractivity contribution in [2.75, 3.05) is 13.2 Å². The zero-order chi connectivity index (χ0) is 50.7. The lowest BCUT2D eigenvalue weighted by atomic mass is 10.0. The molecular formula is C64H106O6. The van der Waals surface area contributed by atoms with Crippen molar-refractivity contribution in [3.8, 4) is 0 Å². The van der Waals surface area contributed by atoms with Crippen LogP contribution in [0.3, 0.4) is 0 Å². The Morgan fingerprint density at radius 2 is 0.586 bits per heavy atom. The van der Waals surface area contributed by atoms with Crippen molar-refractivity contribution in [3.63, 3.8) is 0 Å². The SMILES string of the molecule is CC/C=C\C/C=C\C/C=C\C/C=C\C/C=C\C/C=C\C/C=C\CCCCCC(=O)OCC(COC(=O)CCCCCCC/C=C\C/C=C\CCC)OC(=O)CCCCCCCCCCCCCCCC. The van der Waals surface area contributed by atoms with E-state index >= 15 is 0 Å². The van der Waals surface area contributed by atoms with Crippen LogP contribution >= 0.6 is 0 Å². The topological polar surface area (TPSA) is 78.9 Å². The lowest BCUT2D eigenvalue weighted by Crippen LogP contribution is -2.30. The molecule has 0 N–H and O–H groups in total. The van der Waals surface area contributed by atoms with Crippen molar-refractivity contribution in [2.24, 2.45) is 0 Å². The summed E-state index contributed by atoms with van der Waals surface area (Å²) in [5.74, 6) is -0.940. The first-order chi connectivity index (χ1) is 34.5. The Hall–Kier alpha value is -3.93. The smallest absolute Gasteiger partial charge is 0.306 e. The second-order valence-corrected chi connectivity index (χ2v) is 18.8. The van der Waals surface area contributed by atoms with Crippen molar-refractivity contribution in [1.29, 1.82) is 0 Å². The molecule has 0 aliphatic carbocycles. The maximum atomic E-state index is 12.8. The molecule has 1 atom stereocenters. The molecule has 0 heterocycles. The standard InChI is InChI=1S/C64H106O6/c1-4-7-10-13-16-19-22-25-27-28-29-30-31-32-33-34-35-36-37-40-42-45-48-51-54-57-63(66)69-60-61(59-68-62(65)56-53-50-47-44-41-38-24-21-18-15-12-9-6-3)70-64(67)58-55-52-49-46-43-39-26-23-20-17-14-11-8-5-2/h7,10,12,15-16,19,21,24-25,27,29-30,32-33,35-36,40,42,61H,4-6,8-9,11,13-14,17-18,20,22-23,26,28,31,34,37-39,41,43-60H2,1-3H3/b10-7-,15-12-,19-16-,24-21-,27-25-,30-29-,33-32-,36-35-,42-40-. The lowest BCUT2D eigenvalue weighted by molar-refractivity contribution is -0.167. The fraction of sp³-hybridized carbons (Fsp3) is 0.672. The maximum Gasteiger partial charge on any atom is 0.306 e. The number of hydrogen-bond acceptors (Lipinski definition) is 6. The molecule has 0 rings (SSSR count). The van der Waals surface area contributed by atoms with Crippen LogP contribution in [-0.4, -0.2) is 37.2 Å². The van der Waals surface area contributed by atoms with Crippen molar-refractivity contribution in [2.45, 2.75) is 264 Å². The number of ether oxygens (including phenoxy) is 3. The zero-order valence-corrected chi connectivity index (χ0v) is 45.5. The van der Waals surface area contributed by atoms with E-state index in [2.05, 4.69) is 130 Å². The second kappa shape index (κ2) is 57.6. The van der Waals surface area contributed by atoms with Crippen LogP contribution < -0.4 is 0 Å². The molecule has 0 amide bonds. The van der Waals surface area contributed by atoms with Gasteiger partial charge in [0, 0.05) is 19.3 Å². The first-order valence-corrected chi connectivity index (χ1v) is 28.9. The van der Waals surface area contributed by atoms with Gasteiger partial charge in [0.2, 0.25) is 0 Å². The molecule has 0 aliphatic heterocycles. The molecule has 70 heavy (non-hydrogen) atoms. The molecule has 0 aromatic heterocycles. The van der Waals surface area contributed by atoms with Gasteiger partial charge < -0.3 is 14.2 Å². The molecule has 0 saturated carbocycles. The summed E-state index contributed by atoms with van der Waals surface area (Å²) in [6.07, 6.45) is 77.9. The van der Waals surface area contributed by atoms with Crippen molar-refractivity contribution < 1.29 is 28.6 Å². The highest BCUT2D eigenvalue weighted by Crippen LogP contribution is 2.15. The van der Waals surface area contributed by atoms with E-state index in [0.717, 1.165) is 141 Å². The van der Waals surface area contributed by atoms with Crippen molar-refractivity contribution >= 4 is 17.9 Å². The van der Waals surface area contributed by atoms with Gasteiger partial charge in [-0.25, -0.2) is 0 Å². The number of esters is 3. The molecule has 6 nitrogen and oxygen atoms in total. The van der Waals surface area contributed by atoms with Gasteiger partial charge in [0.25, 0.3) is 0 Å². The van der Waals surface area contributed by atoms with Crippen molar-refractivity contribution in [3.05, 3.63) is 109 Å². The summed E-state index contributed by atoms with van der Waals surface area (Å²) in [6.45, 7) is 6.42. The molecular weight excluding hydrogens is 865 g/mol. The summed E-state index contributed by atoms with van der Waals surface area (Å²) >= 11 is 0. The molecule has 0 saturated heterocycles.